The normalized spacial score (nSPS) is 14.0. The molecule has 21 heavy (non-hydrogen) atoms. The molecule has 0 spiro atoms. The van der Waals surface area contributed by atoms with Gasteiger partial charge in [0.25, 0.3) is 0 Å². The summed E-state index contributed by atoms with van der Waals surface area (Å²) < 4.78 is 10.5. The number of hydrogen-bond acceptors (Lipinski definition) is 5. The number of aliphatic hydroxyl groups excluding tert-OH is 1. The Morgan fingerprint density at radius 3 is 2.67 bits per heavy atom. The molecule has 1 aliphatic heterocycles. The summed E-state index contributed by atoms with van der Waals surface area (Å²) in [6.45, 7) is 2.32. The maximum atomic E-state index is 10.0. The van der Waals surface area contributed by atoms with Gasteiger partial charge in [-0.25, -0.2) is 0 Å². The Morgan fingerprint density at radius 2 is 1.90 bits per heavy atom. The first-order valence-corrected chi connectivity index (χ1v) is 6.77. The van der Waals surface area contributed by atoms with Crippen LogP contribution in [0.3, 0.4) is 0 Å². The van der Waals surface area contributed by atoms with Crippen molar-refractivity contribution in [3.05, 3.63) is 47.5 Å². The van der Waals surface area contributed by atoms with Gasteiger partial charge in [-0.3, -0.25) is 0 Å². The van der Waals surface area contributed by atoms with Gasteiger partial charge in [0.15, 0.2) is 11.5 Å². The molecule has 0 bridgehead atoms. The molecule has 2 aromatic carbocycles. The number of aromatic hydroxyl groups is 1. The molecule has 1 atom stereocenters. The first-order valence-electron chi connectivity index (χ1n) is 6.77. The molecule has 1 heterocycles. The second kappa shape index (κ2) is 5.54. The number of hydrogen-bond donors (Lipinski definition) is 3. The number of benzene rings is 2. The lowest BCUT2D eigenvalue weighted by Crippen LogP contribution is -2.04. The average molecular weight is 287 g/mol. The Morgan fingerprint density at radius 1 is 1.19 bits per heavy atom. The third kappa shape index (κ3) is 2.73. The van der Waals surface area contributed by atoms with Crippen molar-refractivity contribution in [2.24, 2.45) is 0 Å². The Hall–Kier alpha value is -2.40. The van der Waals surface area contributed by atoms with Crippen LogP contribution in [0.25, 0.3) is 0 Å². The minimum atomic E-state index is -0.556. The predicted octanol–water partition coefficient (Wildman–Crippen LogP) is 2.79. The molecular weight excluding hydrogens is 270 g/mol. The summed E-state index contributed by atoms with van der Waals surface area (Å²) >= 11 is 0. The maximum absolute atomic E-state index is 10.0. The second-order valence-electron chi connectivity index (χ2n) is 4.95. The van der Waals surface area contributed by atoms with Crippen LogP contribution in [0.4, 0.5) is 5.69 Å². The SMILES string of the molecule is CC(O)c1ccccc1NCc1cc2c(cc1O)OCO2. The van der Waals surface area contributed by atoms with Crippen LogP contribution in [0.2, 0.25) is 0 Å². The van der Waals surface area contributed by atoms with Crippen molar-refractivity contribution in [1.82, 2.24) is 0 Å². The molecule has 0 amide bonds. The lowest BCUT2D eigenvalue weighted by atomic mass is 10.1. The van der Waals surface area contributed by atoms with Crippen LogP contribution in [0, 0.1) is 0 Å². The highest BCUT2D eigenvalue weighted by atomic mass is 16.7. The number of ether oxygens (including phenoxy) is 2. The van der Waals surface area contributed by atoms with E-state index >= 15 is 0 Å². The highest BCUT2D eigenvalue weighted by molar-refractivity contribution is 5.55. The van der Waals surface area contributed by atoms with Gasteiger partial charge in [0.2, 0.25) is 6.79 Å². The zero-order valence-electron chi connectivity index (χ0n) is 11.7. The smallest absolute Gasteiger partial charge is 0.231 e. The number of anilines is 1. The average Bonchev–Trinajstić information content (AvgIpc) is 2.92. The topological polar surface area (TPSA) is 71.0 Å². The van der Waals surface area contributed by atoms with Gasteiger partial charge in [-0.1, -0.05) is 18.2 Å². The van der Waals surface area contributed by atoms with Crippen LogP contribution in [0.15, 0.2) is 36.4 Å². The van der Waals surface area contributed by atoms with E-state index in [9.17, 15) is 10.2 Å². The van der Waals surface area contributed by atoms with Crippen molar-refractivity contribution in [2.75, 3.05) is 12.1 Å². The molecule has 3 N–H and O–H groups in total. The summed E-state index contributed by atoms with van der Waals surface area (Å²) in [6.07, 6.45) is -0.556. The zero-order valence-corrected chi connectivity index (χ0v) is 11.7. The fraction of sp³-hybridized carbons (Fsp3) is 0.250. The number of para-hydroxylation sites is 1. The Kier molecular flexibility index (Phi) is 3.58. The summed E-state index contributed by atoms with van der Waals surface area (Å²) in [5, 5.41) is 23.0. The molecule has 5 heteroatoms. The minimum Gasteiger partial charge on any atom is -0.507 e. The van der Waals surface area contributed by atoms with Crippen LogP contribution >= 0.6 is 0 Å². The lowest BCUT2D eigenvalue weighted by molar-refractivity contribution is 0.174. The van der Waals surface area contributed by atoms with Gasteiger partial charge in [0.05, 0.1) is 6.10 Å². The number of rotatable bonds is 4. The van der Waals surface area contributed by atoms with Gasteiger partial charge < -0.3 is 25.0 Å². The number of phenolic OH excluding ortho intramolecular Hbond substituents is 1. The van der Waals surface area contributed by atoms with Gasteiger partial charge in [-0.05, 0) is 19.1 Å². The van der Waals surface area contributed by atoms with Gasteiger partial charge >= 0.3 is 0 Å². The number of nitrogens with one attached hydrogen (secondary N) is 1. The predicted molar refractivity (Wildman–Crippen MR) is 78.6 cm³/mol. The van der Waals surface area contributed by atoms with Gasteiger partial charge in [0.1, 0.15) is 5.75 Å². The Bertz CT molecular complexity index is 655. The van der Waals surface area contributed by atoms with Crippen molar-refractivity contribution >= 4 is 5.69 Å². The van der Waals surface area contributed by atoms with Gasteiger partial charge in [-0.15, -0.1) is 0 Å². The molecule has 1 aliphatic rings. The summed E-state index contributed by atoms with van der Waals surface area (Å²) in [6, 6.07) is 10.9. The van der Waals surface area contributed by atoms with E-state index in [1.165, 1.54) is 0 Å². The fourth-order valence-corrected chi connectivity index (χ4v) is 2.33. The second-order valence-corrected chi connectivity index (χ2v) is 4.95. The van der Waals surface area contributed by atoms with Gasteiger partial charge in [-0.2, -0.15) is 0 Å². The van der Waals surface area contributed by atoms with E-state index in [0.29, 0.717) is 23.6 Å². The molecule has 3 rings (SSSR count). The lowest BCUT2D eigenvalue weighted by Gasteiger charge is -2.14. The van der Waals surface area contributed by atoms with Crippen LogP contribution in [0.1, 0.15) is 24.2 Å². The summed E-state index contributed by atoms with van der Waals surface area (Å²) in [4.78, 5) is 0. The van der Waals surface area contributed by atoms with E-state index in [-0.39, 0.29) is 12.5 Å². The fourth-order valence-electron chi connectivity index (χ4n) is 2.33. The molecule has 0 aromatic heterocycles. The Labute approximate surface area is 122 Å². The van der Waals surface area contributed by atoms with Crippen molar-refractivity contribution in [1.29, 1.82) is 0 Å². The zero-order chi connectivity index (χ0) is 14.8. The molecule has 0 aliphatic carbocycles. The molecule has 0 fully saturated rings. The molecule has 0 radical (unpaired) electrons. The monoisotopic (exact) mass is 287 g/mol. The molecule has 0 saturated heterocycles. The Balaban J connectivity index is 1.80. The summed E-state index contributed by atoms with van der Waals surface area (Å²) in [7, 11) is 0. The third-order valence-electron chi connectivity index (χ3n) is 3.45. The van der Waals surface area contributed by atoms with Gasteiger partial charge in [0, 0.05) is 29.4 Å². The third-order valence-corrected chi connectivity index (χ3v) is 3.45. The van der Waals surface area contributed by atoms with E-state index in [0.717, 1.165) is 11.3 Å². The van der Waals surface area contributed by atoms with E-state index in [4.69, 9.17) is 9.47 Å². The standard InChI is InChI=1S/C16H17NO4/c1-10(18)12-4-2-3-5-13(12)17-8-11-6-15-16(7-14(11)19)21-9-20-15/h2-7,10,17-19H,8-9H2,1H3. The number of phenols is 1. The quantitative estimate of drug-likeness (QED) is 0.806. The molecule has 5 nitrogen and oxygen atoms in total. The van der Waals surface area contributed by atoms with Crippen molar-refractivity contribution in [3.63, 3.8) is 0 Å². The van der Waals surface area contributed by atoms with Crippen LogP contribution < -0.4 is 14.8 Å². The molecule has 2 aromatic rings. The summed E-state index contributed by atoms with van der Waals surface area (Å²) in [5.41, 5.74) is 2.36. The summed E-state index contributed by atoms with van der Waals surface area (Å²) in [5.74, 6) is 1.34. The van der Waals surface area contributed by atoms with Crippen molar-refractivity contribution < 1.29 is 19.7 Å². The van der Waals surface area contributed by atoms with E-state index < -0.39 is 6.10 Å². The molecular formula is C16H17NO4. The molecule has 110 valence electrons. The van der Waals surface area contributed by atoms with Crippen LogP contribution in [-0.2, 0) is 6.54 Å². The van der Waals surface area contributed by atoms with Crippen molar-refractivity contribution in [2.45, 2.75) is 19.6 Å². The largest absolute Gasteiger partial charge is 0.507 e. The maximum Gasteiger partial charge on any atom is 0.231 e. The molecule has 0 saturated carbocycles. The van der Waals surface area contributed by atoms with E-state index in [1.54, 1.807) is 19.1 Å². The highest BCUT2D eigenvalue weighted by Crippen LogP contribution is 2.38. The van der Waals surface area contributed by atoms with E-state index in [2.05, 4.69) is 5.32 Å². The van der Waals surface area contributed by atoms with Crippen LogP contribution in [-0.4, -0.2) is 17.0 Å². The van der Waals surface area contributed by atoms with Crippen molar-refractivity contribution in [3.8, 4) is 17.2 Å². The number of fused-ring (bicyclic) bond motifs is 1. The van der Waals surface area contributed by atoms with E-state index in [1.807, 2.05) is 24.3 Å². The first kappa shape index (κ1) is 13.6. The highest BCUT2D eigenvalue weighted by Gasteiger charge is 2.17. The minimum absolute atomic E-state index is 0.154. The molecule has 1 unspecified atom stereocenters. The first-order chi connectivity index (χ1) is 10.1. The number of aliphatic hydroxyl groups is 1. The van der Waals surface area contributed by atoms with Crippen LogP contribution in [0.5, 0.6) is 17.2 Å².